The Morgan fingerprint density at radius 3 is 2.50 bits per heavy atom. The van der Waals surface area contributed by atoms with E-state index in [1.54, 1.807) is 6.20 Å². The van der Waals surface area contributed by atoms with E-state index in [0.717, 1.165) is 48.2 Å². The number of aromatic nitrogens is 2. The molecule has 1 spiro atoms. The van der Waals surface area contributed by atoms with Crippen LogP contribution in [0, 0.1) is 0 Å². The highest BCUT2D eigenvalue weighted by atomic mass is 16.2. The number of amides is 1. The molecule has 5 heteroatoms. The quantitative estimate of drug-likeness (QED) is 0.532. The van der Waals surface area contributed by atoms with Gasteiger partial charge in [0, 0.05) is 36.8 Å². The SMILES string of the molecule is O=C1Nc2ncccc2C12Cc1cc3ccc(CN4Cc5ccccc5C4)nc3cc1C2. The third kappa shape index (κ3) is 2.58. The van der Waals surface area contributed by atoms with E-state index < -0.39 is 5.41 Å². The molecule has 7 rings (SSSR count). The van der Waals surface area contributed by atoms with E-state index in [1.165, 1.54) is 22.3 Å². The Labute approximate surface area is 186 Å². The van der Waals surface area contributed by atoms with Crippen LogP contribution in [0.1, 0.15) is 33.5 Å². The Morgan fingerprint density at radius 1 is 0.906 bits per heavy atom. The molecule has 0 fully saturated rings. The normalized spacial score (nSPS) is 21.1. The zero-order valence-electron chi connectivity index (χ0n) is 17.6. The number of carbonyl (C=O) groups is 1. The smallest absolute Gasteiger partial charge is 0.237 e. The lowest BCUT2D eigenvalue weighted by Crippen LogP contribution is -2.35. The summed E-state index contributed by atoms with van der Waals surface area (Å²) in [6.45, 7) is 2.80. The summed E-state index contributed by atoms with van der Waals surface area (Å²) >= 11 is 0. The minimum Gasteiger partial charge on any atom is -0.310 e. The molecule has 0 bridgehead atoms. The first kappa shape index (κ1) is 18.0. The van der Waals surface area contributed by atoms with Crippen LogP contribution in [0.15, 0.2) is 66.9 Å². The number of rotatable bonds is 2. The summed E-state index contributed by atoms with van der Waals surface area (Å²) in [6, 6.07) is 21.4. The van der Waals surface area contributed by atoms with Gasteiger partial charge in [0.25, 0.3) is 0 Å². The zero-order chi connectivity index (χ0) is 21.3. The van der Waals surface area contributed by atoms with Crippen molar-refractivity contribution in [3.05, 3.63) is 100 Å². The number of nitrogens with one attached hydrogen (secondary N) is 1. The predicted octanol–water partition coefficient (Wildman–Crippen LogP) is 4.13. The molecular formula is C27H22N4O. The van der Waals surface area contributed by atoms with Gasteiger partial charge in [-0.3, -0.25) is 14.7 Å². The molecule has 1 unspecified atom stereocenters. The lowest BCUT2D eigenvalue weighted by atomic mass is 9.79. The van der Waals surface area contributed by atoms with Crippen molar-refractivity contribution < 1.29 is 4.79 Å². The summed E-state index contributed by atoms with van der Waals surface area (Å²) in [7, 11) is 0. The van der Waals surface area contributed by atoms with E-state index in [9.17, 15) is 4.79 Å². The molecule has 2 aliphatic heterocycles. The lowest BCUT2D eigenvalue weighted by Gasteiger charge is -2.20. The van der Waals surface area contributed by atoms with E-state index in [0.29, 0.717) is 12.2 Å². The van der Waals surface area contributed by atoms with Crippen LogP contribution in [0.25, 0.3) is 10.9 Å². The summed E-state index contributed by atoms with van der Waals surface area (Å²) in [5.74, 6) is 0.774. The van der Waals surface area contributed by atoms with Gasteiger partial charge in [-0.1, -0.05) is 36.4 Å². The third-order valence-corrected chi connectivity index (χ3v) is 7.33. The number of benzene rings is 2. The van der Waals surface area contributed by atoms with Gasteiger partial charge in [0.05, 0.1) is 16.6 Å². The highest BCUT2D eigenvalue weighted by Gasteiger charge is 2.51. The highest BCUT2D eigenvalue weighted by Crippen LogP contribution is 2.47. The number of anilines is 1. The van der Waals surface area contributed by atoms with Crippen LogP contribution in [-0.2, 0) is 42.7 Å². The minimum atomic E-state index is -0.534. The standard InChI is InChI=1S/C27H22N4O/c32-26-27(23-6-3-9-28-25(23)30-26)12-20-10-17-7-8-22(29-24(17)11-21(20)13-27)16-31-14-18-4-1-2-5-19(18)15-31/h1-11H,12-16H2,(H,28,30,32). The number of nitrogens with zero attached hydrogens (tertiary/aromatic N) is 3. The average Bonchev–Trinajstić information content (AvgIpc) is 3.46. The number of fused-ring (bicyclic) bond motifs is 5. The van der Waals surface area contributed by atoms with E-state index in [2.05, 4.69) is 63.7 Å². The fraction of sp³-hybridized carbons (Fsp3) is 0.222. The fourth-order valence-corrected chi connectivity index (χ4v) is 5.77. The van der Waals surface area contributed by atoms with Crippen molar-refractivity contribution in [1.82, 2.24) is 14.9 Å². The van der Waals surface area contributed by atoms with Gasteiger partial charge in [0.1, 0.15) is 5.82 Å². The molecule has 3 aliphatic rings. The fourth-order valence-electron chi connectivity index (χ4n) is 5.77. The molecule has 0 saturated carbocycles. The van der Waals surface area contributed by atoms with Crippen molar-refractivity contribution >= 4 is 22.6 Å². The van der Waals surface area contributed by atoms with Crippen molar-refractivity contribution in [2.24, 2.45) is 0 Å². The summed E-state index contributed by atoms with van der Waals surface area (Å²) in [6.07, 6.45) is 3.16. The molecule has 2 aromatic heterocycles. The maximum Gasteiger partial charge on any atom is 0.237 e. The van der Waals surface area contributed by atoms with E-state index >= 15 is 0 Å². The molecule has 5 nitrogen and oxygen atoms in total. The van der Waals surface area contributed by atoms with Crippen LogP contribution in [0.3, 0.4) is 0 Å². The average molecular weight is 419 g/mol. The predicted molar refractivity (Wildman–Crippen MR) is 123 cm³/mol. The molecule has 2 aromatic carbocycles. The number of hydrogen-bond acceptors (Lipinski definition) is 4. The van der Waals surface area contributed by atoms with Crippen molar-refractivity contribution in [2.45, 2.75) is 37.9 Å². The number of hydrogen-bond donors (Lipinski definition) is 1. The van der Waals surface area contributed by atoms with Gasteiger partial charge in [-0.15, -0.1) is 0 Å². The van der Waals surface area contributed by atoms with E-state index in [-0.39, 0.29) is 5.91 Å². The summed E-state index contributed by atoms with van der Waals surface area (Å²) in [5, 5.41) is 4.13. The monoisotopic (exact) mass is 418 g/mol. The highest BCUT2D eigenvalue weighted by molar-refractivity contribution is 6.06. The van der Waals surface area contributed by atoms with Gasteiger partial charge in [0.15, 0.2) is 0 Å². The van der Waals surface area contributed by atoms with Gasteiger partial charge >= 0.3 is 0 Å². The topological polar surface area (TPSA) is 58.1 Å². The van der Waals surface area contributed by atoms with E-state index in [1.807, 2.05) is 12.1 Å². The van der Waals surface area contributed by atoms with Crippen LogP contribution < -0.4 is 5.32 Å². The molecule has 1 aliphatic carbocycles. The molecule has 32 heavy (non-hydrogen) atoms. The Balaban J connectivity index is 1.20. The van der Waals surface area contributed by atoms with Crippen LogP contribution in [0.4, 0.5) is 5.82 Å². The molecule has 1 atom stereocenters. The molecule has 4 aromatic rings. The van der Waals surface area contributed by atoms with Crippen molar-refractivity contribution in [3.8, 4) is 0 Å². The summed E-state index contributed by atoms with van der Waals surface area (Å²) in [4.78, 5) is 24.8. The summed E-state index contributed by atoms with van der Waals surface area (Å²) < 4.78 is 0. The van der Waals surface area contributed by atoms with Crippen LogP contribution in [-0.4, -0.2) is 20.8 Å². The van der Waals surface area contributed by atoms with Crippen LogP contribution >= 0.6 is 0 Å². The largest absolute Gasteiger partial charge is 0.310 e. The van der Waals surface area contributed by atoms with Gasteiger partial charge in [0.2, 0.25) is 5.91 Å². The minimum absolute atomic E-state index is 0.0636. The third-order valence-electron chi connectivity index (χ3n) is 7.33. The zero-order valence-corrected chi connectivity index (χ0v) is 17.6. The maximum atomic E-state index is 13.0. The van der Waals surface area contributed by atoms with Gasteiger partial charge in [-0.25, -0.2) is 4.98 Å². The Morgan fingerprint density at radius 2 is 1.69 bits per heavy atom. The van der Waals surface area contributed by atoms with Crippen molar-refractivity contribution in [1.29, 1.82) is 0 Å². The van der Waals surface area contributed by atoms with Gasteiger partial charge in [-0.2, -0.15) is 0 Å². The maximum absolute atomic E-state index is 13.0. The molecule has 0 saturated heterocycles. The second-order valence-electron chi connectivity index (χ2n) is 9.32. The molecule has 4 heterocycles. The van der Waals surface area contributed by atoms with Gasteiger partial charge < -0.3 is 5.32 Å². The van der Waals surface area contributed by atoms with E-state index in [4.69, 9.17) is 4.98 Å². The first-order chi connectivity index (χ1) is 15.7. The molecule has 1 amide bonds. The molecule has 156 valence electrons. The molecule has 0 radical (unpaired) electrons. The number of carbonyl (C=O) groups excluding carboxylic acids is 1. The van der Waals surface area contributed by atoms with Crippen molar-refractivity contribution in [3.63, 3.8) is 0 Å². The Hall–Kier alpha value is -3.57. The Kier molecular flexibility index (Phi) is 3.65. The van der Waals surface area contributed by atoms with Crippen molar-refractivity contribution in [2.75, 3.05) is 5.32 Å². The lowest BCUT2D eigenvalue weighted by molar-refractivity contribution is -0.120. The van der Waals surface area contributed by atoms with Crippen LogP contribution in [0.5, 0.6) is 0 Å². The van der Waals surface area contributed by atoms with Crippen LogP contribution in [0.2, 0.25) is 0 Å². The second-order valence-corrected chi connectivity index (χ2v) is 9.32. The summed E-state index contributed by atoms with van der Waals surface area (Å²) in [5.41, 5.74) is 7.89. The Bertz CT molecular complexity index is 1400. The second kappa shape index (κ2) is 6.47. The first-order valence-electron chi connectivity index (χ1n) is 11.2. The molecular weight excluding hydrogens is 396 g/mol. The van der Waals surface area contributed by atoms with Gasteiger partial charge in [-0.05, 0) is 59.4 Å². The number of pyridine rings is 2. The molecule has 1 N–H and O–H groups in total. The first-order valence-corrected chi connectivity index (χ1v) is 11.2.